The Hall–Kier alpha value is -4.25. The zero-order valence-electron chi connectivity index (χ0n) is 21.1. The van der Waals surface area contributed by atoms with Gasteiger partial charge in [-0.25, -0.2) is 13.8 Å². The normalized spacial score (nSPS) is 18.6. The minimum atomic E-state index is -1.08. The third kappa shape index (κ3) is 5.78. The molecule has 8 nitrogen and oxygen atoms in total. The lowest BCUT2D eigenvalue weighted by Gasteiger charge is -2.23. The van der Waals surface area contributed by atoms with Crippen molar-refractivity contribution >= 4 is 40.1 Å². The first-order valence-electron chi connectivity index (χ1n) is 12.0. The maximum Gasteiger partial charge on any atom is 0.262 e. The molecule has 0 bridgehead atoms. The lowest BCUT2D eigenvalue weighted by Crippen LogP contribution is -2.25. The number of thioether (sulfide) groups is 1. The Labute approximate surface area is 227 Å². The Morgan fingerprint density at radius 2 is 1.67 bits per heavy atom. The number of nitrogens with zero attached hydrogens (tertiary/aromatic N) is 3. The molecule has 0 saturated carbocycles. The van der Waals surface area contributed by atoms with Crippen molar-refractivity contribution in [1.29, 1.82) is 0 Å². The van der Waals surface area contributed by atoms with Gasteiger partial charge in [0.25, 0.3) is 5.91 Å². The number of amidine groups is 1. The number of carbonyl (C=O) groups is 2. The van der Waals surface area contributed by atoms with Gasteiger partial charge in [0.1, 0.15) is 16.7 Å². The van der Waals surface area contributed by atoms with E-state index in [0.29, 0.717) is 11.6 Å². The van der Waals surface area contributed by atoms with Gasteiger partial charge in [-0.2, -0.15) is 10.1 Å². The van der Waals surface area contributed by atoms with E-state index in [4.69, 9.17) is 14.6 Å². The summed E-state index contributed by atoms with van der Waals surface area (Å²) >= 11 is 1.15. The van der Waals surface area contributed by atoms with Crippen molar-refractivity contribution in [3.63, 3.8) is 0 Å². The SMILES string of the molecule is COc1ccc(C2=NN(C3=NC(=O)[C@@H](CC(=O)Nc4ccc(F)c(F)c4)S3)[C@@H](c3ccc(OC)cc3)C2)cc1. The van der Waals surface area contributed by atoms with Gasteiger partial charge in [-0.15, -0.1) is 0 Å². The van der Waals surface area contributed by atoms with E-state index < -0.39 is 28.7 Å². The van der Waals surface area contributed by atoms with Crippen LogP contribution in [0.1, 0.15) is 30.0 Å². The highest BCUT2D eigenvalue weighted by molar-refractivity contribution is 8.15. The molecule has 0 unspecified atom stereocenters. The quantitative estimate of drug-likeness (QED) is 0.437. The zero-order valence-corrected chi connectivity index (χ0v) is 21.9. The van der Waals surface area contributed by atoms with E-state index in [1.54, 1.807) is 19.2 Å². The maximum atomic E-state index is 13.5. The Morgan fingerprint density at radius 1 is 1.00 bits per heavy atom. The molecule has 2 atom stereocenters. The number of nitrogens with one attached hydrogen (secondary N) is 1. The smallest absolute Gasteiger partial charge is 0.262 e. The molecule has 0 saturated heterocycles. The number of benzene rings is 3. The molecule has 200 valence electrons. The van der Waals surface area contributed by atoms with E-state index in [-0.39, 0.29) is 18.2 Å². The molecule has 5 rings (SSSR count). The number of hydrogen-bond acceptors (Lipinski definition) is 7. The average molecular weight is 551 g/mol. The molecule has 39 heavy (non-hydrogen) atoms. The van der Waals surface area contributed by atoms with Crippen LogP contribution in [0.4, 0.5) is 14.5 Å². The first-order valence-corrected chi connectivity index (χ1v) is 12.9. The Kier molecular flexibility index (Phi) is 7.60. The second-order valence-corrected chi connectivity index (χ2v) is 10.0. The van der Waals surface area contributed by atoms with E-state index >= 15 is 0 Å². The molecule has 0 fully saturated rings. The Morgan fingerprint density at radius 3 is 2.31 bits per heavy atom. The molecule has 1 N–H and O–H groups in total. The van der Waals surface area contributed by atoms with Crippen LogP contribution in [0.3, 0.4) is 0 Å². The fraction of sp³-hybridized carbons (Fsp3) is 0.214. The first kappa shape index (κ1) is 26.4. The third-order valence-electron chi connectivity index (χ3n) is 6.33. The topological polar surface area (TPSA) is 92.6 Å². The molecular weight excluding hydrogens is 526 g/mol. The van der Waals surface area contributed by atoms with Gasteiger partial charge < -0.3 is 14.8 Å². The van der Waals surface area contributed by atoms with Crippen molar-refractivity contribution < 1.29 is 27.8 Å². The van der Waals surface area contributed by atoms with Gasteiger partial charge in [0.15, 0.2) is 16.8 Å². The van der Waals surface area contributed by atoms with Gasteiger partial charge in [0.05, 0.1) is 26.0 Å². The summed E-state index contributed by atoms with van der Waals surface area (Å²) in [6, 6.07) is 18.0. The average Bonchev–Trinajstić information content (AvgIpc) is 3.54. The number of amides is 2. The van der Waals surface area contributed by atoms with Crippen LogP contribution in [0.2, 0.25) is 0 Å². The highest BCUT2D eigenvalue weighted by atomic mass is 32.2. The lowest BCUT2D eigenvalue weighted by molar-refractivity contribution is -0.121. The van der Waals surface area contributed by atoms with Gasteiger partial charge in [0.2, 0.25) is 5.91 Å². The van der Waals surface area contributed by atoms with Crippen LogP contribution in [0.15, 0.2) is 76.8 Å². The van der Waals surface area contributed by atoms with Crippen molar-refractivity contribution in [3.8, 4) is 11.5 Å². The van der Waals surface area contributed by atoms with E-state index in [1.165, 1.54) is 6.07 Å². The van der Waals surface area contributed by atoms with Gasteiger partial charge in [0, 0.05) is 24.6 Å². The standard InChI is InChI=1S/C28H24F2N4O4S/c1-37-19-8-3-16(4-9-19)23-14-24(17-5-10-20(38-2)11-6-17)34(33-23)28-32-27(36)25(39-28)15-26(35)31-18-7-12-21(29)22(30)13-18/h3-13,24-25H,14-15H2,1-2H3,(H,31,35)/t24-,25-/m1/s1. The van der Waals surface area contributed by atoms with Crippen molar-refractivity contribution in [2.24, 2.45) is 10.1 Å². The van der Waals surface area contributed by atoms with Crippen LogP contribution in [-0.2, 0) is 9.59 Å². The minimum absolute atomic E-state index is 0.100. The number of aliphatic imine (C=N–C) groups is 1. The van der Waals surface area contributed by atoms with Gasteiger partial charge in [-0.05, 0) is 59.7 Å². The predicted molar refractivity (Wildman–Crippen MR) is 145 cm³/mol. The summed E-state index contributed by atoms with van der Waals surface area (Å²) in [6.07, 6.45) is 0.374. The van der Waals surface area contributed by atoms with Crippen LogP contribution < -0.4 is 14.8 Å². The molecule has 2 amide bonds. The first-order chi connectivity index (χ1) is 18.8. The Balaban J connectivity index is 1.35. The minimum Gasteiger partial charge on any atom is -0.497 e. The number of rotatable bonds is 7. The van der Waals surface area contributed by atoms with Crippen molar-refractivity contribution in [3.05, 3.63) is 89.5 Å². The number of ether oxygens (including phenoxy) is 2. The molecule has 0 aromatic heterocycles. The van der Waals surface area contributed by atoms with E-state index in [9.17, 15) is 18.4 Å². The number of carbonyl (C=O) groups excluding carboxylic acids is 2. The van der Waals surface area contributed by atoms with Crippen LogP contribution >= 0.6 is 11.8 Å². The summed E-state index contributed by atoms with van der Waals surface area (Å²) < 4.78 is 37.2. The van der Waals surface area contributed by atoms with Crippen LogP contribution in [0, 0.1) is 11.6 Å². The summed E-state index contributed by atoms with van der Waals surface area (Å²) in [5.74, 6) is -1.62. The monoisotopic (exact) mass is 550 g/mol. The van der Waals surface area contributed by atoms with Crippen LogP contribution in [0.5, 0.6) is 11.5 Å². The van der Waals surface area contributed by atoms with E-state index in [0.717, 1.165) is 52.2 Å². The van der Waals surface area contributed by atoms with Crippen LogP contribution in [-0.4, -0.2) is 47.2 Å². The summed E-state index contributed by atoms with van der Waals surface area (Å²) in [5.41, 5.74) is 2.78. The van der Waals surface area contributed by atoms with Crippen LogP contribution in [0.25, 0.3) is 0 Å². The largest absolute Gasteiger partial charge is 0.497 e. The van der Waals surface area contributed by atoms with Gasteiger partial charge in [-0.1, -0.05) is 23.9 Å². The second-order valence-electron chi connectivity index (χ2n) is 8.83. The molecule has 0 aliphatic carbocycles. The summed E-state index contributed by atoms with van der Waals surface area (Å²) in [7, 11) is 3.20. The lowest BCUT2D eigenvalue weighted by atomic mass is 9.98. The molecule has 2 aliphatic heterocycles. The summed E-state index contributed by atoms with van der Waals surface area (Å²) in [4.78, 5) is 29.6. The molecule has 3 aromatic carbocycles. The molecule has 3 aromatic rings. The fourth-order valence-electron chi connectivity index (χ4n) is 4.29. The predicted octanol–water partition coefficient (Wildman–Crippen LogP) is 5.16. The van der Waals surface area contributed by atoms with Crippen molar-refractivity contribution in [1.82, 2.24) is 5.01 Å². The molecule has 2 aliphatic rings. The zero-order chi connectivity index (χ0) is 27.5. The third-order valence-corrected chi connectivity index (χ3v) is 7.48. The van der Waals surface area contributed by atoms with E-state index in [1.807, 2.05) is 48.5 Å². The molecule has 0 radical (unpaired) electrons. The Bertz CT molecular complexity index is 1460. The number of anilines is 1. The van der Waals surface area contributed by atoms with Gasteiger partial charge in [-0.3, -0.25) is 9.59 Å². The molecule has 11 heteroatoms. The van der Waals surface area contributed by atoms with E-state index in [2.05, 4.69) is 10.3 Å². The number of halogens is 2. The second kappa shape index (κ2) is 11.2. The highest BCUT2D eigenvalue weighted by Gasteiger charge is 2.39. The van der Waals surface area contributed by atoms with Crippen molar-refractivity contribution in [2.45, 2.75) is 24.1 Å². The number of hydrogen-bond donors (Lipinski definition) is 1. The summed E-state index contributed by atoms with van der Waals surface area (Å²) in [5, 5.41) is 8.65. The van der Waals surface area contributed by atoms with Crippen molar-refractivity contribution in [2.75, 3.05) is 19.5 Å². The number of hydrazone groups is 1. The highest BCUT2D eigenvalue weighted by Crippen LogP contribution is 2.39. The molecular formula is C28H24F2N4O4S. The molecule has 0 spiro atoms. The summed E-state index contributed by atoms with van der Waals surface area (Å²) in [6.45, 7) is 0. The number of methoxy groups -OCH3 is 2. The van der Waals surface area contributed by atoms with Gasteiger partial charge >= 0.3 is 0 Å². The fourth-order valence-corrected chi connectivity index (χ4v) is 5.35. The molecule has 2 heterocycles. The maximum absolute atomic E-state index is 13.5.